The van der Waals surface area contributed by atoms with Gasteiger partial charge < -0.3 is 4.74 Å². The smallest absolute Gasteiger partial charge is 0.162 e. The number of benzene rings is 1. The molecule has 0 aliphatic heterocycles. The van der Waals surface area contributed by atoms with Gasteiger partial charge in [0.15, 0.2) is 5.78 Å². The van der Waals surface area contributed by atoms with Crippen LogP contribution >= 0.6 is 0 Å². The third-order valence-electron chi connectivity index (χ3n) is 3.08. The lowest BCUT2D eigenvalue weighted by molar-refractivity contribution is 0.0980. The lowest BCUT2D eigenvalue weighted by Crippen LogP contribution is -2.17. The summed E-state index contributed by atoms with van der Waals surface area (Å²) in [5.41, 5.74) is 0.775. The van der Waals surface area contributed by atoms with Crippen LogP contribution in [-0.2, 0) is 0 Å². The Labute approximate surface area is 123 Å². The van der Waals surface area contributed by atoms with E-state index in [1.165, 1.54) is 6.04 Å². The lowest BCUT2D eigenvalue weighted by Gasteiger charge is -2.11. The van der Waals surface area contributed by atoms with Gasteiger partial charge in [-0.3, -0.25) is 4.79 Å². The first-order valence-electron chi connectivity index (χ1n) is 7.24. The van der Waals surface area contributed by atoms with Gasteiger partial charge in [0, 0.05) is 20.1 Å². The highest BCUT2D eigenvalue weighted by molar-refractivity contribution is 6.76. The molecule has 0 bridgehead atoms. The number of ether oxygens (including phenoxy) is 1. The van der Waals surface area contributed by atoms with E-state index in [9.17, 15) is 4.79 Å². The van der Waals surface area contributed by atoms with Crippen LogP contribution in [0.3, 0.4) is 0 Å². The van der Waals surface area contributed by atoms with Gasteiger partial charge >= 0.3 is 0 Å². The number of carbonyl (C=O) groups is 1. The van der Waals surface area contributed by atoms with Crippen molar-refractivity contribution < 1.29 is 9.53 Å². The van der Waals surface area contributed by atoms with Crippen molar-refractivity contribution in [2.45, 2.75) is 44.9 Å². The predicted molar refractivity (Wildman–Crippen MR) is 88.5 cm³/mol. The first kappa shape index (κ1) is 16.7. The van der Waals surface area contributed by atoms with Crippen molar-refractivity contribution in [3.05, 3.63) is 42.0 Å². The van der Waals surface area contributed by atoms with Crippen molar-refractivity contribution >= 4 is 13.9 Å². The molecule has 0 saturated carbocycles. The van der Waals surface area contributed by atoms with Crippen LogP contribution < -0.4 is 4.74 Å². The summed E-state index contributed by atoms with van der Waals surface area (Å²) in [5.74, 6) is 1.00. The minimum Gasteiger partial charge on any atom is -0.497 e. The van der Waals surface area contributed by atoms with Gasteiger partial charge in [0.05, 0.1) is 7.11 Å². The second kappa shape index (κ2) is 8.05. The molecule has 0 aliphatic carbocycles. The minimum atomic E-state index is -0.967. The zero-order chi connectivity index (χ0) is 15.0. The third-order valence-corrected chi connectivity index (χ3v) is 4.54. The van der Waals surface area contributed by atoms with E-state index in [1.54, 1.807) is 7.11 Å². The van der Waals surface area contributed by atoms with E-state index in [2.05, 4.69) is 31.8 Å². The number of hydrogen-bond acceptors (Lipinski definition) is 2. The minimum absolute atomic E-state index is 0.214. The summed E-state index contributed by atoms with van der Waals surface area (Å²) in [5, 5.41) is 0. The molecule has 1 rings (SSSR count). The van der Waals surface area contributed by atoms with Crippen LogP contribution in [-0.4, -0.2) is 21.0 Å². The van der Waals surface area contributed by atoms with Crippen LogP contribution in [0.25, 0.3) is 0 Å². The van der Waals surface area contributed by atoms with Crippen molar-refractivity contribution in [1.82, 2.24) is 0 Å². The van der Waals surface area contributed by atoms with Gasteiger partial charge in [0.2, 0.25) is 0 Å². The highest BCUT2D eigenvalue weighted by Crippen LogP contribution is 2.14. The first-order valence-corrected chi connectivity index (χ1v) is 11.0. The second-order valence-electron chi connectivity index (χ2n) is 6.28. The molecule has 0 heterocycles. The second-order valence-corrected chi connectivity index (χ2v) is 11.8. The quantitative estimate of drug-likeness (QED) is 0.293. The highest BCUT2D eigenvalue weighted by atomic mass is 28.3. The van der Waals surface area contributed by atoms with E-state index in [0.29, 0.717) is 6.42 Å². The molecule has 20 heavy (non-hydrogen) atoms. The topological polar surface area (TPSA) is 26.3 Å². The maximum atomic E-state index is 12.0. The Bertz CT molecular complexity index is 441. The molecule has 3 heteroatoms. The van der Waals surface area contributed by atoms with Crippen molar-refractivity contribution in [3.63, 3.8) is 0 Å². The van der Waals surface area contributed by atoms with E-state index in [-0.39, 0.29) is 5.78 Å². The molecule has 0 saturated heterocycles. The van der Waals surface area contributed by atoms with Gasteiger partial charge in [-0.15, -0.1) is 0 Å². The molecular weight excluding hydrogens is 264 g/mol. The number of Topliss-reactive ketones (excluding diaryl/α,β-unsaturated/α-hetero) is 1. The average Bonchev–Trinajstić information content (AvgIpc) is 2.41. The molecule has 0 radical (unpaired) electrons. The van der Waals surface area contributed by atoms with Crippen LogP contribution in [0.1, 0.15) is 29.6 Å². The van der Waals surface area contributed by atoms with E-state index in [0.717, 1.165) is 24.2 Å². The third kappa shape index (κ3) is 6.71. The SMILES string of the molecule is COc1ccc(C(=O)CCCC=CC[Si](C)(C)C)cc1. The molecule has 0 unspecified atom stereocenters. The Hall–Kier alpha value is -1.35. The molecular formula is C17H26O2Si. The van der Waals surface area contributed by atoms with E-state index >= 15 is 0 Å². The largest absolute Gasteiger partial charge is 0.497 e. The summed E-state index contributed by atoms with van der Waals surface area (Å²) in [6.07, 6.45) is 7.03. The van der Waals surface area contributed by atoms with Gasteiger partial charge in [-0.05, 0) is 43.2 Å². The van der Waals surface area contributed by atoms with Crippen LogP contribution in [0.4, 0.5) is 0 Å². The van der Waals surface area contributed by atoms with Gasteiger partial charge in [0.1, 0.15) is 5.75 Å². The van der Waals surface area contributed by atoms with E-state index in [4.69, 9.17) is 4.74 Å². The number of allylic oxidation sites excluding steroid dienone is 2. The predicted octanol–water partition coefficient (Wildman–Crippen LogP) is 4.94. The Morgan fingerprint density at radius 2 is 1.80 bits per heavy atom. The maximum Gasteiger partial charge on any atom is 0.162 e. The van der Waals surface area contributed by atoms with Crippen molar-refractivity contribution in [1.29, 1.82) is 0 Å². The Morgan fingerprint density at radius 3 is 2.35 bits per heavy atom. The molecule has 0 atom stereocenters. The molecule has 0 spiro atoms. The summed E-state index contributed by atoms with van der Waals surface area (Å²) in [4.78, 5) is 12.0. The zero-order valence-electron chi connectivity index (χ0n) is 13.1. The van der Waals surface area contributed by atoms with Crippen molar-refractivity contribution in [2.75, 3.05) is 7.11 Å². The molecule has 0 amide bonds. The summed E-state index contributed by atoms with van der Waals surface area (Å²) in [6.45, 7) is 7.10. The van der Waals surface area contributed by atoms with Gasteiger partial charge in [-0.1, -0.05) is 31.8 Å². The fraction of sp³-hybridized carbons (Fsp3) is 0.471. The van der Waals surface area contributed by atoms with Crippen LogP contribution in [0.15, 0.2) is 36.4 Å². The molecule has 1 aromatic carbocycles. The maximum absolute atomic E-state index is 12.0. The van der Waals surface area contributed by atoms with Crippen molar-refractivity contribution in [3.8, 4) is 5.75 Å². The number of unbranched alkanes of at least 4 members (excludes halogenated alkanes) is 1. The van der Waals surface area contributed by atoms with Gasteiger partial charge in [-0.2, -0.15) is 0 Å². The molecule has 2 nitrogen and oxygen atoms in total. The number of carbonyl (C=O) groups excluding carboxylic acids is 1. The summed E-state index contributed by atoms with van der Waals surface area (Å²) in [7, 11) is 0.662. The fourth-order valence-electron chi connectivity index (χ4n) is 1.86. The van der Waals surface area contributed by atoms with Crippen molar-refractivity contribution in [2.24, 2.45) is 0 Å². The van der Waals surface area contributed by atoms with Crippen LogP contribution in [0.2, 0.25) is 25.7 Å². The number of hydrogen-bond donors (Lipinski definition) is 0. The molecule has 110 valence electrons. The van der Waals surface area contributed by atoms with Crippen LogP contribution in [0, 0.1) is 0 Å². The molecule has 0 fully saturated rings. The molecule has 0 aromatic heterocycles. The van der Waals surface area contributed by atoms with Gasteiger partial charge in [-0.25, -0.2) is 0 Å². The summed E-state index contributed by atoms with van der Waals surface area (Å²) >= 11 is 0. The summed E-state index contributed by atoms with van der Waals surface area (Å²) in [6, 6.07) is 8.56. The number of methoxy groups -OCH3 is 1. The first-order chi connectivity index (χ1) is 9.42. The van der Waals surface area contributed by atoms with Crippen LogP contribution in [0.5, 0.6) is 5.75 Å². The Morgan fingerprint density at radius 1 is 1.15 bits per heavy atom. The zero-order valence-corrected chi connectivity index (χ0v) is 14.1. The summed E-state index contributed by atoms with van der Waals surface area (Å²) < 4.78 is 5.08. The van der Waals surface area contributed by atoms with E-state index in [1.807, 2.05) is 24.3 Å². The fourth-order valence-corrected chi connectivity index (χ4v) is 2.73. The molecule has 1 aromatic rings. The average molecular weight is 290 g/mol. The normalized spacial score (nSPS) is 11.8. The molecule has 0 aliphatic rings. The monoisotopic (exact) mass is 290 g/mol. The Kier molecular flexibility index (Phi) is 6.72. The number of rotatable bonds is 8. The highest BCUT2D eigenvalue weighted by Gasteiger charge is 2.09. The standard InChI is InChI=1S/C17H26O2Si/c1-19-16-12-10-15(11-13-16)17(18)9-7-5-6-8-14-20(2,3)4/h6,8,10-13H,5,7,9,14H2,1-4H3. The number of ketones is 1. The van der Waals surface area contributed by atoms with E-state index < -0.39 is 8.07 Å². The Balaban J connectivity index is 2.29. The molecule has 0 N–H and O–H groups in total. The lowest BCUT2D eigenvalue weighted by atomic mass is 10.1. The van der Waals surface area contributed by atoms with Gasteiger partial charge in [0.25, 0.3) is 0 Å².